The maximum atomic E-state index is 12.9. The van der Waals surface area contributed by atoms with Gasteiger partial charge >= 0.3 is 0 Å². The molecule has 5 nitrogen and oxygen atoms in total. The van der Waals surface area contributed by atoms with E-state index in [0.717, 1.165) is 51.1 Å². The molecule has 3 aromatic heterocycles. The summed E-state index contributed by atoms with van der Waals surface area (Å²) in [6.45, 7) is 0.461. The zero-order chi connectivity index (χ0) is 19.8. The van der Waals surface area contributed by atoms with Crippen LogP contribution in [0, 0.1) is 0 Å². The molecule has 0 N–H and O–H groups in total. The van der Waals surface area contributed by atoms with Gasteiger partial charge in [0, 0.05) is 23.1 Å². The Morgan fingerprint density at radius 3 is 2.93 bits per heavy atom. The molecule has 3 heterocycles. The largest absolute Gasteiger partial charge is 0.486 e. The molecule has 0 aliphatic heterocycles. The van der Waals surface area contributed by atoms with Gasteiger partial charge in [-0.05, 0) is 37.0 Å². The first-order valence-corrected chi connectivity index (χ1v) is 12.1. The fourth-order valence-corrected chi connectivity index (χ4v) is 6.49. The number of nitrogens with zero attached hydrogens (tertiary/aromatic N) is 3. The van der Waals surface area contributed by atoms with Crippen molar-refractivity contribution in [3.8, 4) is 5.75 Å². The van der Waals surface area contributed by atoms with Gasteiger partial charge in [0.05, 0.1) is 11.1 Å². The van der Waals surface area contributed by atoms with Gasteiger partial charge in [0.15, 0.2) is 5.16 Å². The number of thiophene rings is 1. The molecule has 0 bridgehead atoms. The Balaban J connectivity index is 1.29. The minimum Gasteiger partial charge on any atom is -0.486 e. The zero-order valence-corrected chi connectivity index (χ0v) is 18.3. The van der Waals surface area contributed by atoms with E-state index in [2.05, 4.69) is 4.98 Å². The molecule has 0 saturated heterocycles. The zero-order valence-electron chi connectivity index (χ0n) is 15.9. The third-order valence-corrected chi connectivity index (χ3v) is 8.08. The van der Waals surface area contributed by atoms with Crippen molar-refractivity contribution in [2.45, 2.75) is 36.8 Å². The number of fused-ring (bicyclic) bond motifs is 3. The second kappa shape index (κ2) is 7.93. The lowest BCUT2D eigenvalue weighted by Crippen LogP contribution is -2.20. The van der Waals surface area contributed by atoms with Crippen molar-refractivity contribution in [1.82, 2.24) is 14.5 Å². The van der Waals surface area contributed by atoms with Gasteiger partial charge in [-0.3, -0.25) is 9.36 Å². The van der Waals surface area contributed by atoms with E-state index in [1.54, 1.807) is 39.0 Å². The Kier molecular flexibility index (Phi) is 5.15. The molecule has 0 saturated carbocycles. The SMILES string of the molecule is Cn1c(SCc2csc(COc3ccccc3)n2)nc2sc3c(c2c1=O)CCC3. The molecule has 1 aliphatic rings. The number of ether oxygens (including phenoxy) is 1. The number of thioether (sulfide) groups is 1. The van der Waals surface area contributed by atoms with Crippen molar-refractivity contribution in [3.05, 3.63) is 67.2 Å². The fraction of sp³-hybridized carbons (Fsp3) is 0.286. The van der Waals surface area contributed by atoms with Gasteiger partial charge in [0.2, 0.25) is 0 Å². The Hall–Kier alpha value is -2.16. The van der Waals surface area contributed by atoms with Crippen LogP contribution in [-0.4, -0.2) is 14.5 Å². The molecule has 0 atom stereocenters. The first-order chi connectivity index (χ1) is 14.2. The lowest BCUT2D eigenvalue weighted by atomic mass is 10.2. The molecular formula is C21H19N3O2S3. The van der Waals surface area contributed by atoms with E-state index in [4.69, 9.17) is 9.72 Å². The van der Waals surface area contributed by atoms with Crippen molar-refractivity contribution in [2.24, 2.45) is 7.05 Å². The molecule has 1 aromatic carbocycles. The molecule has 0 spiro atoms. The van der Waals surface area contributed by atoms with Crippen molar-refractivity contribution in [3.63, 3.8) is 0 Å². The molecule has 5 rings (SSSR count). The van der Waals surface area contributed by atoms with E-state index in [1.165, 1.54) is 10.4 Å². The van der Waals surface area contributed by atoms with Crippen LogP contribution in [0.3, 0.4) is 0 Å². The molecular weight excluding hydrogens is 422 g/mol. The molecule has 4 aromatic rings. The molecule has 29 heavy (non-hydrogen) atoms. The maximum Gasteiger partial charge on any atom is 0.262 e. The highest BCUT2D eigenvalue weighted by Gasteiger charge is 2.22. The Bertz CT molecular complexity index is 1230. The average Bonchev–Trinajstić information content (AvgIpc) is 3.45. The number of rotatable bonds is 6. The predicted molar refractivity (Wildman–Crippen MR) is 119 cm³/mol. The van der Waals surface area contributed by atoms with E-state index < -0.39 is 0 Å². The molecule has 0 unspecified atom stereocenters. The monoisotopic (exact) mass is 441 g/mol. The highest BCUT2D eigenvalue weighted by atomic mass is 32.2. The van der Waals surface area contributed by atoms with Crippen LogP contribution in [0.4, 0.5) is 0 Å². The maximum absolute atomic E-state index is 12.9. The highest BCUT2D eigenvalue weighted by molar-refractivity contribution is 7.98. The van der Waals surface area contributed by atoms with Crippen LogP contribution >= 0.6 is 34.4 Å². The van der Waals surface area contributed by atoms with Gasteiger partial charge in [-0.15, -0.1) is 22.7 Å². The van der Waals surface area contributed by atoms with Crippen LogP contribution in [0.1, 0.15) is 27.6 Å². The van der Waals surface area contributed by atoms with Crippen LogP contribution in [0.25, 0.3) is 10.2 Å². The number of hydrogen-bond acceptors (Lipinski definition) is 7. The molecule has 0 radical (unpaired) electrons. The lowest BCUT2D eigenvalue weighted by molar-refractivity contribution is 0.305. The van der Waals surface area contributed by atoms with Crippen LogP contribution in [0.15, 0.2) is 45.7 Å². The van der Waals surface area contributed by atoms with Crippen LogP contribution in [-0.2, 0) is 32.2 Å². The Morgan fingerprint density at radius 1 is 1.21 bits per heavy atom. The van der Waals surface area contributed by atoms with Crippen molar-refractivity contribution in [2.75, 3.05) is 0 Å². The van der Waals surface area contributed by atoms with Crippen molar-refractivity contribution in [1.29, 1.82) is 0 Å². The van der Waals surface area contributed by atoms with Crippen LogP contribution in [0.5, 0.6) is 5.75 Å². The van der Waals surface area contributed by atoms with Gasteiger partial charge in [-0.2, -0.15) is 0 Å². The second-order valence-corrected chi connectivity index (χ2v) is 9.89. The van der Waals surface area contributed by atoms with Crippen molar-refractivity contribution < 1.29 is 4.74 Å². The third kappa shape index (κ3) is 3.72. The van der Waals surface area contributed by atoms with Crippen LogP contribution in [0.2, 0.25) is 0 Å². The molecule has 148 valence electrons. The summed E-state index contributed by atoms with van der Waals surface area (Å²) in [6.07, 6.45) is 3.23. The van der Waals surface area contributed by atoms with Crippen LogP contribution < -0.4 is 10.3 Å². The minimum absolute atomic E-state index is 0.0760. The fourth-order valence-electron chi connectivity index (χ4n) is 3.52. The standard InChI is InChI=1S/C21H19N3O2S3/c1-24-20(25)18-15-8-5-9-16(15)29-19(18)23-21(24)28-12-13-11-27-17(22-13)10-26-14-6-3-2-4-7-14/h2-4,6-7,11H,5,8-10,12H2,1H3. The summed E-state index contributed by atoms with van der Waals surface area (Å²) in [7, 11) is 1.82. The number of para-hydroxylation sites is 1. The number of aromatic nitrogens is 3. The lowest BCUT2D eigenvalue weighted by Gasteiger charge is -2.06. The second-order valence-electron chi connectivity index (χ2n) is 6.92. The minimum atomic E-state index is 0.0760. The van der Waals surface area contributed by atoms with Gasteiger partial charge in [0.25, 0.3) is 5.56 Å². The van der Waals surface area contributed by atoms with E-state index in [1.807, 2.05) is 42.8 Å². The summed E-state index contributed by atoms with van der Waals surface area (Å²) in [5.74, 6) is 1.52. The summed E-state index contributed by atoms with van der Waals surface area (Å²) >= 11 is 4.84. The summed E-state index contributed by atoms with van der Waals surface area (Å²) < 4.78 is 7.45. The summed E-state index contributed by atoms with van der Waals surface area (Å²) in [5.41, 5.74) is 2.29. The van der Waals surface area contributed by atoms with E-state index in [-0.39, 0.29) is 5.56 Å². The quantitative estimate of drug-likeness (QED) is 0.317. The Labute approximate surface area is 180 Å². The number of hydrogen-bond donors (Lipinski definition) is 0. The van der Waals surface area contributed by atoms with E-state index in [9.17, 15) is 4.79 Å². The number of aryl methyl sites for hydroxylation is 2. The topological polar surface area (TPSA) is 57.0 Å². The number of benzene rings is 1. The van der Waals surface area contributed by atoms with Gasteiger partial charge in [0.1, 0.15) is 22.2 Å². The predicted octanol–water partition coefficient (Wildman–Crippen LogP) is 4.81. The first kappa shape index (κ1) is 18.8. The average molecular weight is 442 g/mol. The normalized spacial score (nSPS) is 13.1. The van der Waals surface area contributed by atoms with Gasteiger partial charge in [-0.1, -0.05) is 30.0 Å². The Morgan fingerprint density at radius 2 is 2.07 bits per heavy atom. The highest BCUT2D eigenvalue weighted by Crippen LogP contribution is 2.35. The first-order valence-electron chi connectivity index (χ1n) is 9.44. The van der Waals surface area contributed by atoms with E-state index in [0.29, 0.717) is 12.4 Å². The summed E-state index contributed by atoms with van der Waals surface area (Å²) in [4.78, 5) is 24.6. The third-order valence-electron chi connectivity index (χ3n) is 4.96. The smallest absolute Gasteiger partial charge is 0.262 e. The number of thiazole rings is 1. The molecule has 0 amide bonds. The summed E-state index contributed by atoms with van der Waals surface area (Å²) in [5, 5.41) is 4.57. The van der Waals surface area contributed by atoms with E-state index >= 15 is 0 Å². The van der Waals surface area contributed by atoms with Gasteiger partial charge in [-0.25, -0.2) is 9.97 Å². The summed E-state index contributed by atoms with van der Waals surface area (Å²) in [6, 6.07) is 9.75. The van der Waals surface area contributed by atoms with Crippen molar-refractivity contribution >= 4 is 44.7 Å². The molecule has 1 aliphatic carbocycles. The molecule has 8 heteroatoms. The molecule has 0 fully saturated rings. The van der Waals surface area contributed by atoms with Gasteiger partial charge < -0.3 is 4.74 Å².